The van der Waals surface area contributed by atoms with E-state index in [2.05, 4.69) is 15.4 Å². The van der Waals surface area contributed by atoms with Crippen LogP contribution in [-0.2, 0) is 20.9 Å². The average Bonchev–Trinajstić information content (AvgIpc) is 3.52. The van der Waals surface area contributed by atoms with Gasteiger partial charge in [0.15, 0.2) is 11.5 Å². The lowest BCUT2D eigenvalue weighted by molar-refractivity contribution is -0.127. The molecule has 202 valence electrons. The zero-order valence-corrected chi connectivity index (χ0v) is 21.3. The van der Waals surface area contributed by atoms with Crippen molar-refractivity contribution in [2.45, 2.75) is 6.61 Å². The second-order valence-electron chi connectivity index (χ2n) is 8.11. The topological polar surface area (TPSA) is 146 Å². The largest absolute Gasteiger partial charge is 0.497 e. The third-order valence-corrected chi connectivity index (χ3v) is 5.55. The molecule has 2 aromatic carbocycles. The molecular formula is C27H25N3O9. The SMILES string of the molecule is COC(=O)c1ccc(COc2ccc(/C=C3/NC(=O)N(CC(=O)Nc4ccc(OC)cc4)C3=O)cc2OC)o1. The van der Waals surface area contributed by atoms with E-state index in [4.69, 9.17) is 18.6 Å². The summed E-state index contributed by atoms with van der Waals surface area (Å²) in [7, 11) is 4.24. The maximum Gasteiger partial charge on any atom is 0.373 e. The van der Waals surface area contributed by atoms with Crippen LogP contribution < -0.4 is 24.8 Å². The number of amides is 4. The number of hydrogen-bond acceptors (Lipinski definition) is 9. The van der Waals surface area contributed by atoms with Gasteiger partial charge in [0.05, 0.1) is 21.3 Å². The lowest BCUT2D eigenvalue weighted by atomic mass is 10.1. The van der Waals surface area contributed by atoms with E-state index in [-0.39, 0.29) is 18.1 Å². The van der Waals surface area contributed by atoms with E-state index in [9.17, 15) is 19.2 Å². The molecule has 12 heteroatoms. The molecule has 4 amide bonds. The summed E-state index contributed by atoms with van der Waals surface area (Å²) in [5.41, 5.74) is 1.03. The van der Waals surface area contributed by atoms with Crippen molar-refractivity contribution < 1.29 is 42.5 Å². The first kappa shape index (κ1) is 26.8. The minimum absolute atomic E-state index is 0.00102. The van der Waals surface area contributed by atoms with Gasteiger partial charge in [0, 0.05) is 5.69 Å². The van der Waals surface area contributed by atoms with E-state index >= 15 is 0 Å². The molecule has 39 heavy (non-hydrogen) atoms. The zero-order valence-electron chi connectivity index (χ0n) is 21.3. The molecule has 4 rings (SSSR count). The fourth-order valence-corrected chi connectivity index (χ4v) is 3.61. The Morgan fingerprint density at radius 1 is 0.974 bits per heavy atom. The summed E-state index contributed by atoms with van der Waals surface area (Å²) in [6.45, 7) is -0.440. The number of carbonyl (C=O) groups is 4. The van der Waals surface area contributed by atoms with Gasteiger partial charge in [-0.05, 0) is 60.2 Å². The lowest BCUT2D eigenvalue weighted by Gasteiger charge is -2.12. The molecule has 0 bridgehead atoms. The van der Waals surface area contributed by atoms with Crippen LogP contribution in [-0.4, -0.2) is 56.6 Å². The number of urea groups is 1. The van der Waals surface area contributed by atoms with Gasteiger partial charge < -0.3 is 34.0 Å². The standard InChI is InChI=1S/C27H25N3O9/c1-35-18-7-5-17(6-8-18)28-24(31)14-30-25(32)20(29-27(30)34)12-16-4-10-21(23(13-16)36-2)38-15-19-9-11-22(39-19)26(33)37-3/h4-13H,14-15H2,1-3H3,(H,28,31)(H,29,34)/b20-12+. The number of ether oxygens (including phenoxy) is 4. The first-order chi connectivity index (χ1) is 18.8. The second kappa shape index (κ2) is 11.9. The summed E-state index contributed by atoms with van der Waals surface area (Å²) >= 11 is 0. The van der Waals surface area contributed by atoms with Crippen LogP contribution in [0.5, 0.6) is 17.2 Å². The number of methoxy groups -OCH3 is 3. The fraction of sp³-hybridized carbons (Fsp3) is 0.185. The predicted molar refractivity (Wildman–Crippen MR) is 137 cm³/mol. The summed E-state index contributed by atoms with van der Waals surface area (Å²) in [5.74, 6) is 0.0401. The Labute approximate surface area is 223 Å². The van der Waals surface area contributed by atoms with E-state index in [1.54, 1.807) is 48.5 Å². The molecule has 0 saturated carbocycles. The quantitative estimate of drug-likeness (QED) is 0.227. The highest BCUT2D eigenvalue weighted by Gasteiger charge is 2.35. The second-order valence-corrected chi connectivity index (χ2v) is 8.11. The monoisotopic (exact) mass is 535 g/mol. The number of anilines is 1. The summed E-state index contributed by atoms with van der Waals surface area (Å²) in [6.07, 6.45) is 1.46. The maximum atomic E-state index is 12.8. The van der Waals surface area contributed by atoms with Crippen LogP contribution >= 0.6 is 0 Å². The molecule has 0 spiro atoms. The fourth-order valence-electron chi connectivity index (χ4n) is 3.61. The number of imide groups is 1. The van der Waals surface area contributed by atoms with Crippen molar-refractivity contribution in [1.29, 1.82) is 0 Å². The number of nitrogens with one attached hydrogen (secondary N) is 2. The predicted octanol–water partition coefficient (Wildman–Crippen LogP) is 3.19. The maximum absolute atomic E-state index is 12.8. The minimum Gasteiger partial charge on any atom is -0.497 e. The Morgan fingerprint density at radius 2 is 1.74 bits per heavy atom. The number of benzene rings is 2. The summed E-state index contributed by atoms with van der Waals surface area (Å²) in [6, 6.07) is 13.9. The van der Waals surface area contributed by atoms with Crippen LogP contribution in [0, 0.1) is 0 Å². The molecular weight excluding hydrogens is 510 g/mol. The van der Waals surface area contributed by atoms with E-state index in [1.807, 2.05) is 0 Å². The Bertz CT molecular complexity index is 1430. The molecule has 1 aliphatic rings. The van der Waals surface area contributed by atoms with E-state index in [0.717, 1.165) is 4.90 Å². The van der Waals surface area contributed by atoms with E-state index in [1.165, 1.54) is 33.5 Å². The molecule has 2 heterocycles. The van der Waals surface area contributed by atoms with Gasteiger partial charge in [-0.2, -0.15) is 0 Å². The highest BCUT2D eigenvalue weighted by molar-refractivity contribution is 6.16. The van der Waals surface area contributed by atoms with Gasteiger partial charge in [-0.15, -0.1) is 0 Å². The Morgan fingerprint density at radius 3 is 2.44 bits per heavy atom. The Hall–Kier alpha value is -5.26. The van der Waals surface area contributed by atoms with Crippen molar-refractivity contribution in [3.63, 3.8) is 0 Å². The van der Waals surface area contributed by atoms with Crippen molar-refractivity contribution in [2.75, 3.05) is 33.2 Å². The Balaban J connectivity index is 1.39. The van der Waals surface area contributed by atoms with Gasteiger partial charge in [-0.25, -0.2) is 14.5 Å². The number of hydrogen-bond donors (Lipinski definition) is 2. The van der Waals surface area contributed by atoms with Gasteiger partial charge in [0.1, 0.15) is 30.4 Å². The molecule has 1 aromatic heterocycles. The molecule has 2 N–H and O–H groups in total. The van der Waals surface area contributed by atoms with Gasteiger partial charge in [-0.1, -0.05) is 6.07 Å². The molecule has 0 aliphatic carbocycles. The summed E-state index contributed by atoms with van der Waals surface area (Å²) in [5, 5.41) is 5.11. The lowest BCUT2D eigenvalue weighted by Crippen LogP contribution is -2.38. The highest BCUT2D eigenvalue weighted by atomic mass is 16.5. The molecule has 12 nitrogen and oxygen atoms in total. The number of rotatable bonds is 10. The van der Waals surface area contributed by atoms with Crippen molar-refractivity contribution in [2.24, 2.45) is 0 Å². The van der Waals surface area contributed by atoms with Crippen LogP contribution in [0.4, 0.5) is 10.5 Å². The van der Waals surface area contributed by atoms with Crippen molar-refractivity contribution in [1.82, 2.24) is 10.2 Å². The van der Waals surface area contributed by atoms with Crippen LogP contribution in [0.15, 0.2) is 64.7 Å². The molecule has 1 saturated heterocycles. The van der Waals surface area contributed by atoms with Crippen LogP contribution in [0.25, 0.3) is 6.08 Å². The third-order valence-electron chi connectivity index (χ3n) is 5.55. The number of furan rings is 1. The van der Waals surface area contributed by atoms with Crippen molar-refractivity contribution in [3.8, 4) is 17.2 Å². The first-order valence-corrected chi connectivity index (χ1v) is 11.6. The van der Waals surface area contributed by atoms with E-state index < -0.39 is 30.4 Å². The molecule has 1 aliphatic heterocycles. The van der Waals surface area contributed by atoms with Crippen molar-refractivity contribution >= 4 is 35.6 Å². The van der Waals surface area contributed by atoms with Gasteiger partial charge >= 0.3 is 12.0 Å². The zero-order chi connectivity index (χ0) is 27.9. The number of carbonyl (C=O) groups excluding carboxylic acids is 4. The molecule has 1 fully saturated rings. The number of esters is 1. The number of nitrogens with zero attached hydrogens (tertiary/aromatic N) is 1. The van der Waals surface area contributed by atoms with Gasteiger partial charge in [-0.3, -0.25) is 9.59 Å². The van der Waals surface area contributed by atoms with Crippen molar-refractivity contribution in [3.05, 3.63) is 77.4 Å². The molecule has 0 unspecified atom stereocenters. The molecule has 0 atom stereocenters. The smallest absolute Gasteiger partial charge is 0.373 e. The Kier molecular flexibility index (Phi) is 8.15. The summed E-state index contributed by atoms with van der Waals surface area (Å²) < 4.78 is 26.2. The summed E-state index contributed by atoms with van der Waals surface area (Å²) in [4.78, 5) is 50.0. The van der Waals surface area contributed by atoms with Crippen LogP contribution in [0.1, 0.15) is 21.9 Å². The first-order valence-electron chi connectivity index (χ1n) is 11.6. The molecule has 0 radical (unpaired) electrons. The van der Waals surface area contributed by atoms with Gasteiger partial charge in [0.25, 0.3) is 5.91 Å². The molecule has 3 aromatic rings. The third kappa shape index (κ3) is 6.36. The normalized spacial score (nSPS) is 13.7. The highest BCUT2D eigenvalue weighted by Crippen LogP contribution is 2.30. The average molecular weight is 536 g/mol. The van der Waals surface area contributed by atoms with Gasteiger partial charge in [0.2, 0.25) is 11.7 Å². The van der Waals surface area contributed by atoms with Crippen LogP contribution in [0.3, 0.4) is 0 Å². The van der Waals surface area contributed by atoms with Crippen LogP contribution in [0.2, 0.25) is 0 Å². The van der Waals surface area contributed by atoms with E-state index in [0.29, 0.717) is 34.3 Å². The minimum atomic E-state index is -0.715.